The predicted octanol–water partition coefficient (Wildman–Crippen LogP) is 3.28. The molecule has 0 radical (unpaired) electrons. The molecule has 0 spiro atoms. The van der Waals surface area contributed by atoms with Gasteiger partial charge in [-0.15, -0.1) is 11.3 Å². The molecule has 9 heteroatoms. The number of hydrogen-bond acceptors (Lipinski definition) is 7. The molecule has 1 amide bonds. The first kappa shape index (κ1) is 26.2. The molecule has 1 aromatic carbocycles. The molecule has 0 fully saturated rings. The maximum Gasteiger partial charge on any atom is 0.270 e. The van der Waals surface area contributed by atoms with E-state index in [0.29, 0.717) is 28.0 Å². The Bertz CT molecular complexity index is 1360. The van der Waals surface area contributed by atoms with Crippen LogP contribution < -0.4 is 25.4 Å². The number of carbonyl (C=O) groups is 1. The van der Waals surface area contributed by atoms with Crippen molar-refractivity contribution in [1.29, 1.82) is 5.26 Å². The third-order valence-corrected chi connectivity index (χ3v) is 6.72. The highest BCUT2D eigenvalue weighted by molar-refractivity contribution is 7.07. The van der Waals surface area contributed by atoms with Crippen LogP contribution in [0.25, 0.3) is 11.8 Å². The Kier molecular flexibility index (Phi) is 7.56. The fourth-order valence-electron chi connectivity index (χ4n) is 3.29. The third kappa shape index (κ3) is 6.01. The average molecular weight is 496 g/mol. The summed E-state index contributed by atoms with van der Waals surface area (Å²) < 4.78 is 8.30. The largest absolute Gasteiger partial charge is 0.475 e. The van der Waals surface area contributed by atoms with Crippen molar-refractivity contribution in [3.63, 3.8) is 0 Å². The first-order valence-corrected chi connectivity index (χ1v) is 12.4. The van der Waals surface area contributed by atoms with E-state index < -0.39 is 5.41 Å². The van der Waals surface area contributed by atoms with Crippen LogP contribution in [-0.2, 0) is 16.1 Å². The molecule has 1 aromatic heterocycles. The number of carbonyl (C=O) groups excluding carboxylic acids is 1. The summed E-state index contributed by atoms with van der Waals surface area (Å²) in [5.74, 6) is 0.204. The molecule has 2 N–H and O–H groups in total. The molecule has 1 atom stereocenters. The van der Waals surface area contributed by atoms with Gasteiger partial charge in [-0.3, -0.25) is 14.2 Å². The molecule has 0 aliphatic carbocycles. The lowest BCUT2D eigenvalue weighted by atomic mass is 9.88. The summed E-state index contributed by atoms with van der Waals surface area (Å²) in [6.45, 7) is 14.5. The lowest BCUT2D eigenvalue weighted by Gasteiger charge is -2.21. The number of benzene rings is 1. The Morgan fingerprint density at radius 1 is 1.29 bits per heavy atom. The number of ether oxygens (including phenoxy) is 1. The number of anilines is 2. The summed E-state index contributed by atoms with van der Waals surface area (Å²) in [6, 6.07) is 9.41. The van der Waals surface area contributed by atoms with E-state index >= 15 is 0 Å². The van der Waals surface area contributed by atoms with Crippen molar-refractivity contribution in [3.8, 4) is 6.07 Å². The molecule has 0 bridgehead atoms. The summed E-state index contributed by atoms with van der Waals surface area (Å²) in [6.07, 6.45) is 1.62. The zero-order valence-electron chi connectivity index (χ0n) is 21.4. The maximum atomic E-state index is 13.1. The molecule has 2 heterocycles. The number of nitriles is 1. The first-order chi connectivity index (χ1) is 16.3. The van der Waals surface area contributed by atoms with E-state index in [9.17, 15) is 14.9 Å². The Balaban J connectivity index is 1.98. The van der Waals surface area contributed by atoms with Gasteiger partial charge in [0.1, 0.15) is 27.4 Å². The summed E-state index contributed by atoms with van der Waals surface area (Å²) in [7, 11) is 0. The summed E-state index contributed by atoms with van der Waals surface area (Å²) >= 11 is 1.22. The van der Waals surface area contributed by atoms with Crippen LogP contribution in [-0.4, -0.2) is 29.0 Å². The molecule has 1 aliphatic heterocycles. The Hall–Kier alpha value is -3.38. The monoisotopic (exact) mass is 495 g/mol. The van der Waals surface area contributed by atoms with Gasteiger partial charge in [0.15, 0.2) is 0 Å². The molecular weight excluding hydrogens is 462 g/mol. The fraction of sp³-hybridized carbons (Fsp3) is 0.462. The molecule has 186 valence electrons. The Morgan fingerprint density at radius 2 is 1.97 bits per heavy atom. The maximum absolute atomic E-state index is 13.1. The van der Waals surface area contributed by atoms with E-state index in [1.807, 2.05) is 45.9 Å². The van der Waals surface area contributed by atoms with Gasteiger partial charge >= 0.3 is 0 Å². The van der Waals surface area contributed by atoms with Crippen molar-refractivity contribution >= 4 is 46.3 Å². The molecule has 8 nitrogen and oxygen atoms in total. The SMILES string of the molecule is CCn1c(=O)/c(=C\Nc2cccc(NC(=O)C(C)(C)C)c2)s/c1=C(/C#N)C1=N[C@@H](C(C)(C)C)CO1. The van der Waals surface area contributed by atoms with Gasteiger partial charge in [-0.05, 0) is 30.5 Å². The van der Waals surface area contributed by atoms with E-state index in [2.05, 4.69) is 42.5 Å². The molecule has 0 unspecified atom stereocenters. The molecule has 3 rings (SSSR count). The second-order valence-electron chi connectivity index (χ2n) is 10.5. The van der Waals surface area contributed by atoms with Gasteiger partial charge in [0.2, 0.25) is 11.8 Å². The Labute approximate surface area is 209 Å². The standard InChI is InChI=1S/C26H33N5O3S/c1-8-31-22(32)19(14-28-16-10-9-11-17(12-16)29-24(33)26(5,6)7)35-23(31)18(13-27)21-30-20(15-34-21)25(2,3)4/h9-12,14,20,28H,8,15H2,1-7H3,(H,29,33)/b19-14+,23-18-/t20-/m1/s1. The summed E-state index contributed by atoms with van der Waals surface area (Å²) in [5, 5.41) is 15.9. The van der Waals surface area contributed by atoms with Gasteiger partial charge in [-0.1, -0.05) is 47.6 Å². The number of rotatable bonds is 5. The minimum Gasteiger partial charge on any atom is -0.475 e. The molecule has 0 saturated heterocycles. The number of hydrogen-bond donors (Lipinski definition) is 2. The van der Waals surface area contributed by atoms with Gasteiger partial charge in [-0.25, -0.2) is 4.99 Å². The van der Waals surface area contributed by atoms with Crippen molar-refractivity contribution < 1.29 is 9.53 Å². The highest BCUT2D eigenvalue weighted by Gasteiger charge is 2.32. The molecule has 2 aromatic rings. The quantitative estimate of drug-likeness (QED) is 0.662. The zero-order chi connectivity index (χ0) is 26.0. The van der Waals surface area contributed by atoms with Crippen LogP contribution in [0.15, 0.2) is 34.1 Å². The number of nitrogens with one attached hydrogen (secondary N) is 2. The smallest absolute Gasteiger partial charge is 0.270 e. The second kappa shape index (κ2) is 10.1. The van der Waals surface area contributed by atoms with Crippen molar-refractivity contribution in [2.24, 2.45) is 15.8 Å². The number of nitrogens with zero attached hydrogens (tertiary/aromatic N) is 3. The van der Waals surface area contributed by atoms with Crippen molar-refractivity contribution in [3.05, 3.63) is 43.8 Å². The van der Waals surface area contributed by atoms with Crippen LogP contribution in [0.3, 0.4) is 0 Å². The lowest BCUT2D eigenvalue weighted by Crippen LogP contribution is -2.32. The highest BCUT2D eigenvalue weighted by atomic mass is 32.1. The van der Waals surface area contributed by atoms with Gasteiger partial charge in [0, 0.05) is 29.5 Å². The summed E-state index contributed by atoms with van der Waals surface area (Å²) in [4.78, 5) is 30.0. The third-order valence-electron chi connectivity index (χ3n) is 5.59. The topological polar surface area (TPSA) is 109 Å². The highest BCUT2D eigenvalue weighted by Crippen LogP contribution is 2.27. The number of aromatic nitrogens is 1. The van der Waals surface area contributed by atoms with Crippen LogP contribution in [0, 0.1) is 22.2 Å². The van der Waals surface area contributed by atoms with Crippen LogP contribution in [0.4, 0.5) is 11.4 Å². The minimum absolute atomic E-state index is 0.0543. The lowest BCUT2D eigenvalue weighted by molar-refractivity contribution is -0.123. The van der Waals surface area contributed by atoms with Gasteiger partial charge in [0.05, 0.1) is 6.04 Å². The van der Waals surface area contributed by atoms with E-state index in [1.54, 1.807) is 16.8 Å². The van der Waals surface area contributed by atoms with Gasteiger partial charge < -0.3 is 15.4 Å². The molecule has 1 aliphatic rings. The van der Waals surface area contributed by atoms with E-state index in [0.717, 1.165) is 5.69 Å². The van der Waals surface area contributed by atoms with Crippen LogP contribution in [0.5, 0.6) is 0 Å². The van der Waals surface area contributed by atoms with Crippen LogP contribution in [0.1, 0.15) is 48.5 Å². The number of amides is 1. The van der Waals surface area contributed by atoms with Crippen molar-refractivity contribution in [2.45, 2.75) is 61.1 Å². The van der Waals surface area contributed by atoms with Gasteiger partial charge in [-0.2, -0.15) is 5.26 Å². The van der Waals surface area contributed by atoms with E-state index in [1.165, 1.54) is 11.3 Å². The normalized spacial score (nSPS) is 17.4. The number of thiazole rings is 1. The van der Waals surface area contributed by atoms with Gasteiger partial charge in [0.25, 0.3) is 5.56 Å². The number of aliphatic imine (C=N–C) groups is 1. The average Bonchev–Trinajstić information content (AvgIpc) is 3.38. The second-order valence-corrected chi connectivity index (χ2v) is 11.5. The summed E-state index contributed by atoms with van der Waals surface area (Å²) in [5.41, 5.74) is 0.847. The zero-order valence-corrected chi connectivity index (χ0v) is 22.2. The Morgan fingerprint density at radius 3 is 2.54 bits per heavy atom. The van der Waals surface area contributed by atoms with Crippen LogP contribution in [0.2, 0.25) is 0 Å². The molecule has 0 saturated carbocycles. The van der Waals surface area contributed by atoms with Crippen molar-refractivity contribution in [2.75, 3.05) is 17.2 Å². The minimum atomic E-state index is -0.511. The fourth-order valence-corrected chi connectivity index (χ4v) is 4.37. The predicted molar refractivity (Wildman–Crippen MR) is 142 cm³/mol. The molecular formula is C26H33N5O3S. The molecule has 35 heavy (non-hydrogen) atoms. The van der Waals surface area contributed by atoms with Crippen LogP contribution >= 0.6 is 11.3 Å². The van der Waals surface area contributed by atoms with E-state index in [4.69, 9.17) is 4.74 Å². The first-order valence-electron chi connectivity index (χ1n) is 11.6. The van der Waals surface area contributed by atoms with E-state index in [-0.39, 0.29) is 34.4 Å². The van der Waals surface area contributed by atoms with Crippen molar-refractivity contribution in [1.82, 2.24) is 4.57 Å².